The molecule has 0 aliphatic carbocycles. The Morgan fingerprint density at radius 2 is 1.02 bits per heavy atom. The number of ether oxygens (including phenoxy) is 9. The summed E-state index contributed by atoms with van der Waals surface area (Å²) >= 11 is 0. The monoisotopic (exact) mass is 1140 g/mol. The van der Waals surface area contributed by atoms with Gasteiger partial charge in [-0.1, -0.05) is 48.5 Å². The van der Waals surface area contributed by atoms with Crippen LogP contribution in [0.3, 0.4) is 0 Å². The Bertz CT molecular complexity index is 2950. The molecule has 3 amide bonds. The predicted octanol–water partition coefficient (Wildman–Crippen LogP) is 8.23. The van der Waals surface area contributed by atoms with Crippen molar-refractivity contribution >= 4 is 42.2 Å². The summed E-state index contributed by atoms with van der Waals surface area (Å²) in [6.07, 6.45) is 1.01. The molecule has 0 saturated heterocycles. The largest absolute Gasteiger partial charge is 0.497 e. The molecule has 0 N–H and O–H groups in total. The van der Waals surface area contributed by atoms with E-state index in [1.54, 1.807) is 47.3 Å². The van der Waals surface area contributed by atoms with Crippen LogP contribution in [0.1, 0.15) is 72.4 Å². The fraction of sp³-hybridized carbons (Fsp3) is 0.417. The number of carbonyl (C=O) groups is 7. The van der Waals surface area contributed by atoms with Crippen LogP contribution in [0.25, 0.3) is 0 Å². The number of carbonyl (C=O) groups excluding carboxylic acids is 7. The number of esters is 4. The molecule has 5 aromatic rings. The minimum atomic E-state index is -0.740. The van der Waals surface area contributed by atoms with E-state index in [1.807, 2.05) is 90.7 Å². The summed E-state index contributed by atoms with van der Waals surface area (Å²) in [6, 6.07) is 27.2. The van der Waals surface area contributed by atoms with Gasteiger partial charge in [-0.25, -0.2) is 33.2 Å². The number of nitrogens with zero attached hydrogens (tertiary/aromatic N) is 4. The number of furan rings is 1. The third-order valence-electron chi connectivity index (χ3n) is 13.1. The number of halogens is 1. The lowest BCUT2D eigenvalue weighted by atomic mass is 9.94. The molecule has 3 aliphatic rings. The van der Waals surface area contributed by atoms with Crippen molar-refractivity contribution in [3.8, 4) is 11.5 Å². The van der Waals surface area contributed by atoms with Gasteiger partial charge in [0.15, 0.2) is 0 Å². The Morgan fingerprint density at radius 1 is 0.549 bits per heavy atom. The van der Waals surface area contributed by atoms with E-state index in [2.05, 4.69) is 4.74 Å². The molecule has 4 aromatic carbocycles. The quantitative estimate of drug-likeness (QED) is 0.0846. The van der Waals surface area contributed by atoms with E-state index in [0.717, 1.165) is 44.9 Å². The molecule has 3 atom stereocenters. The summed E-state index contributed by atoms with van der Waals surface area (Å²) in [5.41, 5.74) is 5.91. The van der Waals surface area contributed by atoms with Gasteiger partial charge in [0.05, 0.1) is 95.4 Å². The van der Waals surface area contributed by atoms with Crippen LogP contribution in [0.2, 0.25) is 0 Å². The van der Waals surface area contributed by atoms with Gasteiger partial charge in [-0.05, 0) is 115 Å². The molecule has 1 aromatic heterocycles. The van der Waals surface area contributed by atoms with Crippen molar-refractivity contribution in [3.05, 3.63) is 154 Å². The predicted molar refractivity (Wildman–Crippen MR) is 294 cm³/mol. The van der Waals surface area contributed by atoms with Crippen molar-refractivity contribution in [2.45, 2.75) is 103 Å². The van der Waals surface area contributed by atoms with E-state index >= 15 is 0 Å². The number of amides is 3. The zero-order valence-electron chi connectivity index (χ0n) is 48.2. The number of hydrogen-bond donors (Lipinski definition) is 0. The van der Waals surface area contributed by atoms with E-state index < -0.39 is 59.9 Å². The molecular weight excluding hydrogens is 1070 g/mol. The van der Waals surface area contributed by atoms with Crippen LogP contribution in [-0.2, 0) is 104 Å². The summed E-state index contributed by atoms with van der Waals surface area (Å²) in [6.45, 7) is 9.82. The highest BCUT2D eigenvalue weighted by atomic mass is 19.1. The maximum Gasteiger partial charge on any atom is 0.411 e. The van der Waals surface area contributed by atoms with Crippen LogP contribution in [0.4, 0.5) is 18.8 Å². The molecule has 22 heteroatoms. The van der Waals surface area contributed by atoms with Crippen LogP contribution in [-0.4, -0.2) is 148 Å². The van der Waals surface area contributed by atoms with Gasteiger partial charge in [0.2, 0.25) is 0 Å². The first-order chi connectivity index (χ1) is 39.2. The lowest BCUT2D eigenvalue weighted by molar-refractivity contribution is -0.148. The van der Waals surface area contributed by atoms with Gasteiger partial charge >= 0.3 is 42.2 Å². The molecule has 0 saturated carbocycles. The van der Waals surface area contributed by atoms with Crippen molar-refractivity contribution in [3.63, 3.8) is 0 Å². The van der Waals surface area contributed by atoms with Crippen molar-refractivity contribution in [2.75, 3.05) is 62.9 Å². The molecule has 82 heavy (non-hydrogen) atoms. The molecule has 0 radical (unpaired) electrons. The van der Waals surface area contributed by atoms with Crippen LogP contribution >= 0.6 is 0 Å². The molecule has 0 bridgehead atoms. The first kappa shape index (κ1) is 64.2. The summed E-state index contributed by atoms with van der Waals surface area (Å²) in [4.78, 5) is 89.4. The van der Waals surface area contributed by atoms with E-state index in [9.17, 15) is 38.0 Å². The lowest BCUT2D eigenvalue weighted by Crippen LogP contribution is -2.50. The Kier molecular flexibility index (Phi) is 24.1. The van der Waals surface area contributed by atoms with Crippen LogP contribution < -0.4 is 9.47 Å². The third kappa shape index (κ3) is 18.2. The van der Waals surface area contributed by atoms with Gasteiger partial charge < -0.3 is 47.0 Å². The first-order valence-corrected chi connectivity index (χ1v) is 26.1. The van der Waals surface area contributed by atoms with Gasteiger partial charge in [-0.2, -0.15) is 0 Å². The van der Waals surface area contributed by atoms with Crippen molar-refractivity contribution < 1.29 is 85.0 Å². The van der Waals surface area contributed by atoms with Gasteiger partial charge in [0.1, 0.15) is 46.8 Å². The smallest absolute Gasteiger partial charge is 0.411 e. The maximum absolute atomic E-state index is 13.2. The van der Waals surface area contributed by atoms with Gasteiger partial charge in [-0.3, -0.25) is 24.4 Å². The number of rotatable bonds is 12. The first-order valence-electron chi connectivity index (χ1n) is 26.1. The van der Waals surface area contributed by atoms with Crippen molar-refractivity contribution in [2.24, 2.45) is 0 Å². The second-order valence-corrected chi connectivity index (χ2v) is 19.7. The Balaban J connectivity index is 0.000000201. The van der Waals surface area contributed by atoms with Gasteiger partial charge in [-0.15, -0.1) is 0 Å². The second kappa shape index (κ2) is 30.8. The number of hydrogen-bond acceptors (Lipinski definition) is 18. The molecule has 1 unspecified atom stereocenters. The Morgan fingerprint density at radius 3 is 1.50 bits per heavy atom. The highest BCUT2D eigenvalue weighted by molar-refractivity contribution is 5.84. The molecule has 3 aliphatic heterocycles. The maximum atomic E-state index is 13.2. The van der Waals surface area contributed by atoms with E-state index in [4.69, 9.17) is 42.3 Å². The molecule has 21 nitrogen and oxygen atoms in total. The van der Waals surface area contributed by atoms with E-state index in [0.29, 0.717) is 56.9 Å². The minimum Gasteiger partial charge on any atom is -0.497 e. The highest BCUT2D eigenvalue weighted by Crippen LogP contribution is 2.31. The molecular formula is C60H73FN4O17. The fourth-order valence-electron chi connectivity index (χ4n) is 9.12. The summed E-state index contributed by atoms with van der Waals surface area (Å²) < 4.78 is 63.1. The average molecular weight is 1140 g/mol. The van der Waals surface area contributed by atoms with Crippen LogP contribution in [0.15, 0.2) is 108 Å². The minimum absolute atomic E-state index is 0.125. The SMILES string of the molecule is CCOC(=O)CN(Cc1ccccc1)Cc1ccco1.COC(=O)C1Cc2cc(OC)ccc2CN1C(=O)OC(C)(C)C.COC(=O)[C@@H]1Cc2ccc(F)cc2CN1C(=O)OC.COC(=O)[C@@H]1Cc2ccc(OC)cc2CN1C(=O)OC. The Labute approximate surface area is 476 Å². The van der Waals surface area contributed by atoms with Crippen molar-refractivity contribution in [1.29, 1.82) is 0 Å². The molecule has 4 heterocycles. The molecule has 0 fully saturated rings. The molecule has 442 valence electrons. The summed E-state index contributed by atoms with van der Waals surface area (Å²) in [7, 11) is 9.58. The highest BCUT2D eigenvalue weighted by Gasteiger charge is 2.39. The molecule has 8 rings (SSSR count). The lowest BCUT2D eigenvalue weighted by Gasteiger charge is -2.36. The second-order valence-electron chi connectivity index (χ2n) is 19.7. The summed E-state index contributed by atoms with van der Waals surface area (Å²) in [5.74, 6) is 0.269. The fourth-order valence-corrected chi connectivity index (χ4v) is 9.12. The summed E-state index contributed by atoms with van der Waals surface area (Å²) in [5, 5.41) is 0. The molecule has 0 spiro atoms. The van der Waals surface area contributed by atoms with Gasteiger partial charge in [0, 0.05) is 25.8 Å². The van der Waals surface area contributed by atoms with Crippen molar-refractivity contribution in [1.82, 2.24) is 19.6 Å². The zero-order chi connectivity index (χ0) is 60.1. The average Bonchev–Trinajstić information content (AvgIpc) is 3.54. The third-order valence-corrected chi connectivity index (χ3v) is 13.1. The van der Waals surface area contributed by atoms with Crippen LogP contribution in [0, 0.1) is 5.82 Å². The Hall–Kier alpha value is -8.66. The topological polar surface area (TPSA) is 229 Å². The van der Waals surface area contributed by atoms with E-state index in [-0.39, 0.29) is 31.3 Å². The number of fused-ring (bicyclic) bond motifs is 3. The standard InChI is InChI=1S/C17H23NO5.C16H19NO3.C14H17NO5.C13H14FNO4/c1-17(2,3)23-16(20)18-10-11-6-7-13(21-4)8-12(11)9-14(18)15(19)22-5;1-2-19-16(18)13-17(12-15-9-6-10-20-15)11-14-7-4-3-5-8-14;1-18-11-5-4-9-7-12(13(16)19-2)15(14(17)20-3)8-10(9)6-11;1-18-12(16)11-6-8-3-4-10(14)5-9(8)7-15(11)13(17)19-2/h6-8,14H,9-10H2,1-5H3;3-10H,2,11-13H2,1H3;4-6,12H,7-8H2,1-3H3;3-5,11H,6-7H2,1-2H3/t;;12-;11-/m..00/s1. The number of methoxy groups -OCH3 is 7. The zero-order valence-corrected chi connectivity index (χ0v) is 48.2. The normalized spacial score (nSPS) is 15.7. The van der Waals surface area contributed by atoms with E-state index in [1.165, 1.54) is 62.4 Å². The number of benzene rings is 4. The van der Waals surface area contributed by atoms with Crippen LogP contribution in [0.5, 0.6) is 11.5 Å². The van der Waals surface area contributed by atoms with Gasteiger partial charge in [0.25, 0.3) is 0 Å².